The van der Waals surface area contributed by atoms with Crippen molar-refractivity contribution in [2.24, 2.45) is 0 Å². The van der Waals surface area contributed by atoms with Crippen molar-refractivity contribution in [1.29, 1.82) is 0 Å². The normalized spacial score (nSPS) is 11.5. The van der Waals surface area contributed by atoms with Gasteiger partial charge in [0.2, 0.25) is 11.8 Å². The first kappa shape index (κ1) is 23.1. The zero-order chi connectivity index (χ0) is 22.9. The van der Waals surface area contributed by atoms with Gasteiger partial charge in [0.15, 0.2) is 0 Å². The Labute approximate surface area is 190 Å². The van der Waals surface area contributed by atoms with Gasteiger partial charge in [-0.3, -0.25) is 9.59 Å². The van der Waals surface area contributed by atoms with E-state index in [1.165, 1.54) is 0 Å². The molecule has 0 bridgehead atoms. The molecule has 5 heteroatoms. The van der Waals surface area contributed by atoms with Gasteiger partial charge in [-0.25, -0.2) is 0 Å². The number of hydrogen-bond donors (Lipinski definition) is 1. The van der Waals surface area contributed by atoms with Crippen LogP contribution in [0.5, 0.6) is 5.75 Å². The molecular weight excluding hydrogens is 400 g/mol. The van der Waals surface area contributed by atoms with Gasteiger partial charge in [0.05, 0.1) is 13.5 Å². The molecule has 3 aromatic rings. The molecule has 1 atom stereocenters. The predicted octanol–water partition coefficient (Wildman–Crippen LogP) is 3.93. The summed E-state index contributed by atoms with van der Waals surface area (Å²) in [7, 11) is 3.22. The van der Waals surface area contributed by atoms with Crippen LogP contribution < -0.4 is 10.1 Å². The van der Waals surface area contributed by atoms with Crippen LogP contribution in [0, 0.1) is 6.92 Å². The van der Waals surface area contributed by atoms with Gasteiger partial charge in [-0.15, -0.1) is 0 Å². The predicted molar refractivity (Wildman–Crippen MR) is 126 cm³/mol. The molecule has 5 nitrogen and oxygen atoms in total. The van der Waals surface area contributed by atoms with Crippen molar-refractivity contribution in [3.05, 3.63) is 101 Å². The zero-order valence-corrected chi connectivity index (χ0v) is 18.9. The first-order chi connectivity index (χ1) is 15.5. The fraction of sp³-hybridized carbons (Fsp3) is 0.259. The molecule has 2 amide bonds. The highest BCUT2D eigenvalue weighted by Crippen LogP contribution is 2.18. The van der Waals surface area contributed by atoms with E-state index in [2.05, 4.69) is 5.32 Å². The second-order valence-corrected chi connectivity index (χ2v) is 7.85. The second kappa shape index (κ2) is 11.1. The molecule has 0 aliphatic rings. The first-order valence-corrected chi connectivity index (χ1v) is 10.7. The molecule has 166 valence electrons. The molecule has 3 aromatic carbocycles. The number of amides is 2. The number of likely N-dealkylation sites (N-methyl/N-ethyl adjacent to an activating group) is 1. The van der Waals surface area contributed by atoms with Crippen molar-refractivity contribution in [3.63, 3.8) is 0 Å². The van der Waals surface area contributed by atoms with E-state index in [1.807, 2.05) is 85.8 Å². The van der Waals surface area contributed by atoms with Crippen LogP contribution in [0.1, 0.15) is 22.3 Å². The Hall–Kier alpha value is -3.60. The summed E-state index contributed by atoms with van der Waals surface area (Å²) < 4.78 is 5.21. The third kappa shape index (κ3) is 6.20. The van der Waals surface area contributed by atoms with Gasteiger partial charge in [0, 0.05) is 20.0 Å². The Morgan fingerprint density at radius 2 is 1.50 bits per heavy atom. The summed E-state index contributed by atoms with van der Waals surface area (Å²) in [4.78, 5) is 28.1. The van der Waals surface area contributed by atoms with Gasteiger partial charge in [-0.05, 0) is 35.7 Å². The second-order valence-electron chi connectivity index (χ2n) is 7.85. The summed E-state index contributed by atoms with van der Waals surface area (Å²) >= 11 is 0. The molecule has 0 saturated heterocycles. The van der Waals surface area contributed by atoms with Gasteiger partial charge >= 0.3 is 0 Å². The molecule has 0 radical (unpaired) electrons. The highest BCUT2D eigenvalue weighted by Gasteiger charge is 2.29. The molecule has 1 N–H and O–H groups in total. The molecule has 0 aromatic heterocycles. The molecule has 0 spiro atoms. The smallest absolute Gasteiger partial charge is 0.242 e. The molecule has 0 unspecified atom stereocenters. The number of ether oxygens (including phenoxy) is 1. The van der Waals surface area contributed by atoms with Crippen LogP contribution in [-0.4, -0.2) is 36.9 Å². The quantitative estimate of drug-likeness (QED) is 0.560. The number of carbonyl (C=O) groups excluding carboxylic acids is 2. The lowest BCUT2D eigenvalue weighted by Gasteiger charge is -2.31. The van der Waals surface area contributed by atoms with E-state index in [1.54, 1.807) is 19.1 Å². The molecule has 32 heavy (non-hydrogen) atoms. The summed E-state index contributed by atoms with van der Waals surface area (Å²) in [6.07, 6.45) is 0.652. The Morgan fingerprint density at radius 3 is 2.09 bits per heavy atom. The van der Waals surface area contributed by atoms with Gasteiger partial charge in [0.25, 0.3) is 0 Å². The molecule has 0 aliphatic carbocycles. The maximum Gasteiger partial charge on any atom is 0.242 e. The number of carbonyl (C=O) groups is 2. The highest BCUT2D eigenvalue weighted by molar-refractivity contribution is 5.88. The van der Waals surface area contributed by atoms with E-state index >= 15 is 0 Å². The van der Waals surface area contributed by atoms with Crippen molar-refractivity contribution < 1.29 is 14.3 Å². The third-order valence-corrected chi connectivity index (χ3v) is 5.51. The van der Waals surface area contributed by atoms with Crippen molar-refractivity contribution in [2.45, 2.75) is 32.4 Å². The zero-order valence-electron chi connectivity index (χ0n) is 18.9. The lowest BCUT2D eigenvalue weighted by molar-refractivity contribution is -0.140. The summed E-state index contributed by atoms with van der Waals surface area (Å²) in [5.74, 6) is 0.467. The van der Waals surface area contributed by atoms with E-state index in [0.717, 1.165) is 28.0 Å². The average molecular weight is 431 g/mol. The molecule has 3 rings (SSSR count). The number of methoxy groups -OCH3 is 1. The molecular formula is C27H30N2O3. The number of aryl methyl sites for hydroxylation is 1. The maximum absolute atomic E-state index is 13.5. The monoisotopic (exact) mass is 430 g/mol. The summed E-state index contributed by atoms with van der Waals surface area (Å²) in [6, 6.07) is 24.7. The Bertz CT molecular complexity index is 1020. The van der Waals surface area contributed by atoms with Crippen LogP contribution in [0.4, 0.5) is 0 Å². The largest absolute Gasteiger partial charge is 0.497 e. The van der Waals surface area contributed by atoms with Gasteiger partial charge in [-0.2, -0.15) is 0 Å². The fourth-order valence-electron chi connectivity index (χ4n) is 3.63. The molecule has 0 aliphatic heterocycles. The Morgan fingerprint density at radius 1 is 0.875 bits per heavy atom. The number of hydrogen-bond acceptors (Lipinski definition) is 3. The number of nitrogens with zero attached hydrogens (tertiary/aromatic N) is 1. The van der Waals surface area contributed by atoms with E-state index in [4.69, 9.17) is 4.74 Å². The molecule has 0 heterocycles. The van der Waals surface area contributed by atoms with Crippen molar-refractivity contribution in [1.82, 2.24) is 10.2 Å². The number of nitrogens with one attached hydrogen (secondary N) is 1. The van der Waals surface area contributed by atoms with E-state index in [0.29, 0.717) is 13.0 Å². The topological polar surface area (TPSA) is 58.6 Å². The van der Waals surface area contributed by atoms with E-state index in [9.17, 15) is 9.59 Å². The standard InChI is InChI=1S/C27H30N2O3/c1-20-9-11-23(12-10-20)19-29(26(30)18-22-13-15-24(32-3)16-14-22)25(27(31)28-2)17-21-7-5-4-6-8-21/h4-16,25H,17-19H2,1-3H3,(H,28,31)/t25-/m0/s1. The summed E-state index contributed by atoms with van der Waals surface area (Å²) in [6.45, 7) is 2.39. The van der Waals surface area contributed by atoms with Gasteiger partial charge in [-0.1, -0.05) is 72.3 Å². The van der Waals surface area contributed by atoms with Crippen LogP contribution in [0.15, 0.2) is 78.9 Å². The van der Waals surface area contributed by atoms with Gasteiger partial charge in [0.1, 0.15) is 11.8 Å². The molecule has 0 saturated carbocycles. The first-order valence-electron chi connectivity index (χ1n) is 10.7. The van der Waals surface area contributed by atoms with Crippen LogP contribution in [-0.2, 0) is 29.0 Å². The summed E-state index contributed by atoms with van der Waals surface area (Å²) in [5, 5.41) is 2.75. The van der Waals surface area contributed by atoms with Crippen molar-refractivity contribution in [3.8, 4) is 5.75 Å². The van der Waals surface area contributed by atoms with Gasteiger partial charge < -0.3 is 15.0 Å². The Kier molecular flexibility index (Phi) is 8.03. The lowest BCUT2D eigenvalue weighted by atomic mass is 10.0. The third-order valence-electron chi connectivity index (χ3n) is 5.51. The van der Waals surface area contributed by atoms with Crippen molar-refractivity contribution >= 4 is 11.8 Å². The van der Waals surface area contributed by atoms with E-state index < -0.39 is 6.04 Å². The van der Waals surface area contributed by atoms with Crippen molar-refractivity contribution in [2.75, 3.05) is 14.2 Å². The Balaban J connectivity index is 1.91. The number of rotatable bonds is 9. The average Bonchev–Trinajstić information content (AvgIpc) is 2.83. The number of benzene rings is 3. The summed E-state index contributed by atoms with van der Waals surface area (Å²) in [5.41, 5.74) is 4.02. The lowest BCUT2D eigenvalue weighted by Crippen LogP contribution is -2.50. The maximum atomic E-state index is 13.5. The fourth-order valence-corrected chi connectivity index (χ4v) is 3.63. The van der Waals surface area contributed by atoms with Crippen LogP contribution >= 0.6 is 0 Å². The minimum absolute atomic E-state index is 0.0970. The minimum atomic E-state index is -0.616. The SMILES string of the molecule is CNC(=O)[C@H](Cc1ccccc1)N(Cc1ccc(C)cc1)C(=O)Cc1ccc(OC)cc1. The van der Waals surface area contributed by atoms with Crippen LogP contribution in [0.25, 0.3) is 0 Å². The van der Waals surface area contributed by atoms with E-state index in [-0.39, 0.29) is 18.2 Å². The molecule has 0 fully saturated rings. The van der Waals surface area contributed by atoms with Crippen LogP contribution in [0.2, 0.25) is 0 Å². The minimum Gasteiger partial charge on any atom is -0.497 e. The highest BCUT2D eigenvalue weighted by atomic mass is 16.5. The van der Waals surface area contributed by atoms with Crippen LogP contribution in [0.3, 0.4) is 0 Å².